The maximum atomic E-state index is 13.1. The standard InChI is InChI=1S/C18H22N2O/c1-18(2,13-6-4-10-19-12-13)17(21)15-7-3-9-16-14(15)8-5-11-20-16/h3,5,7-9,11,13,19H,4,6,10,12H2,1-2H3. The van der Waals surface area contributed by atoms with Gasteiger partial charge in [0.25, 0.3) is 0 Å². The fourth-order valence-corrected chi connectivity index (χ4v) is 3.30. The molecule has 0 aliphatic carbocycles. The molecule has 1 aromatic heterocycles. The first-order chi connectivity index (χ1) is 10.1. The summed E-state index contributed by atoms with van der Waals surface area (Å²) >= 11 is 0. The van der Waals surface area contributed by atoms with Gasteiger partial charge >= 0.3 is 0 Å². The van der Waals surface area contributed by atoms with Crippen molar-refractivity contribution in [2.45, 2.75) is 26.7 Å². The minimum atomic E-state index is -0.350. The normalized spacial score (nSPS) is 19.6. The molecule has 3 rings (SSSR count). The summed E-state index contributed by atoms with van der Waals surface area (Å²) in [6, 6.07) is 9.71. The molecule has 0 spiro atoms. The predicted molar refractivity (Wildman–Crippen MR) is 85.4 cm³/mol. The van der Waals surface area contributed by atoms with Crippen molar-refractivity contribution in [2.24, 2.45) is 11.3 Å². The van der Waals surface area contributed by atoms with Gasteiger partial charge in [0.2, 0.25) is 0 Å². The van der Waals surface area contributed by atoms with Crippen molar-refractivity contribution >= 4 is 16.7 Å². The van der Waals surface area contributed by atoms with Crippen molar-refractivity contribution in [2.75, 3.05) is 13.1 Å². The van der Waals surface area contributed by atoms with Crippen LogP contribution in [0, 0.1) is 11.3 Å². The summed E-state index contributed by atoms with van der Waals surface area (Å²) < 4.78 is 0. The zero-order chi connectivity index (χ0) is 14.9. The number of ketones is 1. The number of benzene rings is 1. The van der Waals surface area contributed by atoms with E-state index in [0.29, 0.717) is 5.92 Å². The number of hydrogen-bond acceptors (Lipinski definition) is 3. The summed E-state index contributed by atoms with van der Waals surface area (Å²) in [5.41, 5.74) is 1.34. The molecule has 1 aliphatic heterocycles. The van der Waals surface area contributed by atoms with Crippen LogP contribution in [-0.4, -0.2) is 23.9 Å². The fourth-order valence-electron chi connectivity index (χ4n) is 3.30. The van der Waals surface area contributed by atoms with Crippen LogP contribution in [0.25, 0.3) is 10.9 Å². The molecule has 0 saturated carbocycles. The second-order valence-corrected chi connectivity index (χ2v) is 6.47. The van der Waals surface area contributed by atoms with Crippen LogP contribution in [0.1, 0.15) is 37.0 Å². The number of pyridine rings is 1. The average Bonchev–Trinajstić information content (AvgIpc) is 2.54. The molecule has 110 valence electrons. The van der Waals surface area contributed by atoms with Crippen LogP contribution in [0.3, 0.4) is 0 Å². The van der Waals surface area contributed by atoms with Crippen LogP contribution in [0.2, 0.25) is 0 Å². The lowest BCUT2D eigenvalue weighted by atomic mass is 9.70. The number of rotatable bonds is 3. The Bertz CT molecular complexity index is 652. The second-order valence-electron chi connectivity index (χ2n) is 6.47. The molecule has 21 heavy (non-hydrogen) atoms. The Morgan fingerprint density at radius 3 is 2.90 bits per heavy atom. The maximum Gasteiger partial charge on any atom is 0.169 e. The molecule has 2 aromatic rings. The molecule has 0 bridgehead atoms. The summed E-state index contributed by atoms with van der Waals surface area (Å²) in [5, 5.41) is 4.38. The van der Waals surface area contributed by atoms with Gasteiger partial charge < -0.3 is 5.32 Å². The molecule has 1 saturated heterocycles. The number of piperidine rings is 1. The second kappa shape index (κ2) is 5.57. The molecule has 1 N–H and O–H groups in total. The third-order valence-corrected chi connectivity index (χ3v) is 4.79. The molecule has 1 aromatic carbocycles. The van der Waals surface area contributed by atoms with Gasteiger partial charge in [0, 0.05) is 22.6 Å². The molecular weight excluding hydrogens is 260 g/mol. The number of carbonyl (C=O) groups excluding carboxylic acids is 1. The van der Waals surface area contributed by atoms with Crippen LogP contribution in [0.4, 0.5) is 0 Å². The van der Waals surface area contributed by atoms with Gasteiger partial charge in [-0.05, 0) is 44.0 Å². The van der Waals surface area contributed by atoms with E-state index >= 15 is 0 Å². The van der Waals surface area contributed by atoms with Crippen molar-refractivity contribution in [3.63, 3.8) is 0 Å². The Balaban J connectivity index is 1.99. The largest absolute Gasteiger partial charge is 0.316 e. The van der Waals surface area contributed by atoms with E-state index in [0.717, 1.165) is 42.4 Å². The highest BCUT2D eigenvalue weighted by Crippen LogP contribution is 2.36. The van der Waals surface area contributed by atoms with Gasteiger partial charge in [0.15, 0.2) is 5.78 Å². The Morgan fingerprint density at radius 1 is 1.29 bits per heavy atom. The lowest BCUT2D eigenvalue weighted by Gasteiger charge is -2.36. The van der Waals surface area contributed by atoms with Crippen molar-refractivity contribution in [3.8, 4) is 0 Å². The smallest absolute Gasteiger partial charge is 0.169 e. The van der Waals surface area contributed by atoms with Crippen molar-refractivity contribution in [1.29, 1.82) is 0 Å². The number of Topliss-reactive ketones (excluding diaryl/α,β-unsaturated/α-hetero) is 1. The third-order valence-electron chi connectivity index (χ3n) is 4.79. The van der Waals surface area contributed by atoms with E-state index in [1.54, 1.807) is 6.20 Å². The molecular formula is C18H22N2O. The number of nitrogens with zero attached hydrogens (tertiary/aromatic N) is 1. The quantitative estimate of drug-likeness (QED) is 0.877. The summed E-state index contributed by atoms with van der Waals surface area (Å²) in [5.74, 6) is 0.625. The summed E-state index contributed by atoms with van der Waals surface area (Å²) in [4.78, 5) is 17.5. The van der Waals surface area contributed by atoms with E-state index < -0.39 is 0 Å². The third kappa shape index (κ3) is 2.58. The molecule has 1 aliphatic rings. The highest BCUT2D eigenvalue weighted by Gasteiger charge is 2.38. The predicted octanol–water partition coefficient (Wildman–Crippen LogP) is 3.44. The number of aromatic nitrogens is 1. The molecule has 1 fully saturated rings. The van der Waals surface area contributed by atoms with Gasteiger partial charge in [-0.15, -0.1) is 0 Å². The summed E-state index contributed by atoms with van der Waals surface area (Å²) in [6.45, 7) is 6.17. The topological polar surface area (TPSA) is 42.0 Å². The number of carbonyl (C=O) groups is 1. The van der Waals surface area contributed by atoms with Gasteiger partial charge in [0.05, 0.1) is 5.52 Å². The van der Waals surface area contributed by atoms with Crippen LogP contribution >= 0.6 is 0 Å². The zero-order valence-electron chi connectivity index (χ0n) is 12.7. The van der Waals surface area contributed by atoms with Gasteiger partial charge in [0.1, 0.15) is 0 Å². The Morgan fingerprint density at radius 2 is 2.14 bits per heavy atom. The highest BCUT2D eigenvalue weighted by molar-refractivity contribution is 6.09. The number of nitrogens with one attached hydrogen (secondary N) is 1. The zero-order valence-corrected chi connectivity index (χ0v) is 12.7. The highest BCUT2D eigenvalue weighted by atomic mass is 16.1. The maximum absolute atomic E-state index is 13.1. The van der Waals surface area contributed by atoms with E-state index in [1.165, 1.54) is 0 Å². The first-order valence-corrected chi connectivity index (χ1v) is 7.70. The Labute approximate surface area is 125 Å². The molecule has 0 amide bonds. The van der Waals surface area contributed by atoms with E-state index in [4.69, 9.17) is 0 Å². The first kappa shape index (κ1) is 14.2. The molecule has 2 heterocycles. The fraction of sp³-hybridized carbons (Fsp3) is 0.444. The van der Waals surface area contributed by atoms with Crippen molar-refractivity contribution in [3.05, 3.63) is 42.1 Å². The van der Waals surface area contributed by atoms with Gasteiger partial charge in [-0.25, -0.2) is 0 Å². The average molecular weight is 282 g/mol. The van der Waals surface area contributed by atoms with Crippen LogP contribution in [-0.2, 0) is 0 Å². The lowest BCUT2D eigenvalue weighted by Crippen LogP contribution is -2.42. The minimum absolute atomic E-state index is 0.231. The van der Waals surface area contributed by atoms with E-state index in [-0.39, 0.29) is 11.2 Å². The monoisotopic (exact) mass is 282 g/mol. The summed E-state index contributed by atoms with van der Waals surface area (Å²) in [7, 11) is 0. The van der Waals surface area contributed by atoms with Gasteiger partial charge in [-0.3, -0.25) is 9.78 Å². The van der Waals surface area contributed by atoms with E-state index in [9.17, 15) is 4.79 Å². The number of fused-ring (bicyclic) bond motifs is 1. The van der Waals surface area contributed by atoms with Crippen LogP contribution in [0.5, 0.6) is 0 Å². The van der Waals surface area contributed by atoms with Crippen molar-refractivity contribution in [1.82, 2.24) is 10.3 Å². The van der Waals surface area contributed by atoms with Crippen LogP contribution in [0.15, 0.2) is 36.5 Å². The SMILES string of the molecule is CC(C)(C(=O)c1cccc2ncccc12)C1CCCNC1. The van der Waals surface area contributed by atoms with E-state index in [2.05, 4.69) is 24.1 Å². The molecule has 0 radical (unpaired) electrons. The minimum Gasteiger partial charge on any atom is -0.316 e. The van der Waals surface area contributed by atoms with E-state index in [1.807, 2.05) is 30.3 Å². The molecule has 3 nitrogen and oxygen atoms in total. The lowest BCUT2D eigenvalue weighted by molar-refractivity contribution is 0.0710. The molecule has 1 atom stereocenters. The summed E-state index contributed by atoms with van der Waals surface area (Å²) in [6.07, 6.45) is 4.04. The van der Waals surface area contributed by atoms with Crippen molar-refractivity contribution < 1.29 is 4.79 Å². The molecule has 1 unspecified atom stereocenters. The van der Waals surface area contributed by atoms with Gasteiger partial charge in [-0.2, -0.15) is 0 Å². The molecule has 3 heteroatoms. The Hall–Kier alpha value is -1.74. The first-order valence-electron chi connectivity index (χ1n) is 7.70. The Kier molecular flexibility index (Phi) is 3.77. The number of hydrogen-bond donors (Lipinski definition) is 1. The van der Waals surface area contributed by atoms with Gasteiger partial charge in [-0.1, -0.05) is 32.0 Å². The van der Waals surface area contributed by atoms with Crippen LogP contribution < -0.4 is 5.32 Å².